The van der Waals surface area contributed by atoms with Crippen LogP contribution in [0.25, 0.3) is 0 Å². The lowest BCUT2D eigenvalue weighted by Crippen LogP contribution is -2.42. The zero-order valence-electron chi connectivity index (χ0n) is 7.58. The monoisotopic (exact) mass is 154 g/mol. The highest BCUT2D eigenvalue weighted by Gasteiger charge is 2.35. The maximum Gasteiger partial charge on any atom is 0.0260 e. The van der Waals surface area contributed by atoms with Crippen LogP contribution in [0.5, 0.6) is 0 Å². The van der Waals surface area contributed by atoms with E-state index in [0.29, 0.717) is 0 Å². The first-order valence-electron chi connectivity index (χ1n) is 4.66. The Morgan fingerprint density at radius 3 is 2.73 bits per heavy atom. The number of piperidine rings is 1. The van der Waals surface area contributed by atoms with E-state index in [2.05, 4.69) is 23.9 Å². The van der Waals surface area contributed by atoms with Crippen LogP contribution < -0.4 is 0 Å². The summed E-state index contributed by atoms with van der Waals surface area (Å²) in [5.41, 5.74) is 0. The molecular formula is C9H18N2. The summed E-state index contributed by atoms with van der Waals surface area (Å²) in [4.78, 5) is 5.01. The van der Waals surface area contributed by atoms with E-state index in [-0.39, 0.29) is 0 Å². The minimum atomic E-state index is 0.869. The quantitative estimate of drug-likeness (QED) is 0.505. The SMILES string of the molecule is CN1C[C@@H]2CCCN(C)[C@H]2C1. The van der Waals surface area contributed by atoms with Crippen molar-refractivity contribution < 1.29 is 0 Å². The Labute approximate surface area is 69.2 Å². The number of rotatable bonds is 0. The summed E-state index contributed by atoms with van der Waals surface area (Å²) in [5, 5.41) is 0. The standard InChI is InChI=1S/C9H18N2/c1-10-6-8-4-3-5-11(2)9(8)7-10/h8-9H,3-7H2,1-2H3/t8-,9-/m0/s1. The van der Waals surface area contributed by atoms with E-state index >= 15 is 0 Å². The van der Waals surface area contributed by atoms with E-state index in [1.807, 2.05) is 0 Å². The fourth-order valence-corrected chi connectivity index (χ4v) is 2.62. The number of hydrogen-bond acceptors (Lipinski definition) is 2. The van der Waals surface area contributed by atoms with Crippen molar-refractivity contribution in [2.75, 3.05) is 33.7 Å². The fourth-order valence-electron chi connectivity index (χ4n) is 2.62. The molecule has 0 unspecified atom stereocenters. The molecule has 0 aromatic rings. The second-order valence-electron chi connectivity index (χ2n) is 4.17. The lowest BCUT2D eigenvalue weighted by molar-refractivity contribution is 0.157. The Kier molecular flexibility index (Phi) is 1.90. The van der Waals surface area contributed by atoms with E-state index in [9.17, 15) is 0 Å². The molecule has 0 aromatic heterocycles. The Bertz CT molecular complexity index is 146. The third-order valence-corrected chi connectivity index (χ3v) is 3.24. The van der Waals surface area contributed by atoms with Crippen molar-refractivity contribution in [1.82, 2.24) is 9.80 Å². The Hall–Kier alpha value is -0.0800. The van der Waals surface area contributed by atoms with Crippen molar-refractivity contribution in [1.29, 1.82) is 0 Å². The van der Waals surface area contributed by atoms with Crippen LogP contribution in [0.4, 0.5) is 0 Å². The minimum absolute atomic E-state index is 0.869. The van der Waals surface area contributed by atoms with Crippen molar-refractivity contribution in [3.63, 3.8) is 0 Å². The molecule has 2 nitrogen and oxygen atoms in total. The van der Waals surface area contributed by atoms with Crippen LogP contribution in [-0.2, 0) is 0 Å². The molecule has 0 amide bonds. The summed E-state index contributed by atoms with van der Waals surface area (Å²) in [6.07, 6.45) is 2.87. The molecule has 2 aliphatic rings. The van der Waals surface area contributed by atoms with Crippen molar-refractivity contribution in [3.8, 4) is 0 Å². The zero-order chi connectivity index (χ0) is 7.84. The largest absolute Gasteiger partial charge is 0.304 e. The molecule has 0 bridgehead atoms. The first kappa shape index (κ1) is 7.56. The van der Waals surface area contributed by atoms with E-state index < -0.39 is 0 Å². The summed E-state index contributed by atoms with van der Waals surface area (Å²) < 4.78 is 0. The van der Waals surface area contributed by atoms with Crippen LogP contribution in [0.2, 0.25) is 0 Å². The highest BCUT2D eigenvalue weighted by atomic mass is 15.2. The third kappa shape index (κ3) is 1.30. The van der Waals surface area contributed by atoms with Gasteiger partial charge in [-0.15, -0.1) is 0 Å². The van der Waals surface area contributed by atoms with Gasteiger partial charge in [-0.05, 0) is 39.4 Å². The van der Waals surface area contributed by atoms with Gasteiger partial charge >= 0.3 is 0 Å². The van der Waals surface area contributed by atoms with E-state index in [1.165, 1.54) is 32.5 Å². The van der Waals surface area contributed by atoms with Crippen molar-refractivity contribution in [2.45, 2.75) is 18.9 Å². The fraction of sp³-hybridized carbons (Fsp3) is 1.00. The lowest BCUT2D eigenvalue weighted by atomic mass is 9.93. The second-order valence-corrected chi connectivity index (χ2v) is 4.17. The van der Waals surface area contributed by atoms with Gasteiger partial charge in [-0.25, -0.2) is 0 Å². The molecule has 0 spiro atoms. The molecule has 2 atom stereocenters. The van der Waals surface area contributed by atoms with Gasteiger partial charge in [0.1, 0.15) is 0 Å². The molecule has 64 valence electrons. The molecule has 0 aliphatic carbocycles. The molecule has 0 aromatic carbocycles. The molecule has 0 radical (unpaired) electrons. The topological polar surface area (TPSA) is 6.48 Å². The summed E-state index contributed by atoms with van der Waals surface area (Å²) >= 11 is 0. The average molecular weight is 154 g/mol. The molecule has 2 heterocycles. The van der Waals surface area contributed by atoms with Gasteiger partial charge in [0.25, 0.3) is 0 Å². The van der Waals surface area contributed by atoms with Gasteiger partial charge in [0.15, 0.2) is 0 Å². The van der Waals surface area contributed by atoms with Gasteiger partial charge < -0.3 is 9.80 Å². The van der Waals surface area contributed by atoms with Gasteiger partial charge in [-0.2, -0.15) is 0 Å². The van der Waals surface area contributed by atoms with E-state index in [0.717, 1.165) is 12.0 Å². The molecular weight excluding hydrogens is 136 g/mol. The first-order valence-corrected chi connectivity index (χ1v) is 4.66. The smallest absolute Gasteiger partial charge is 0.0260 e. The predicted molar refractivity (Wildman–Crippen MR) is 46.6 cm³/mol. The molecule has 11 heavy (non-hydrogen) atoms. The molecule has 2 rings (SSSR count). The second kappa shape index (κ2) is 2.76. The summed E-state index contributed by atoms with van der Waals surface area (Å²) in [6, 6.07) is 0.869. The number of nitrogens with zero attached hydrogens (tertiary/aromatic N) is 2. The van der Waals surface area contributed by atoms with Crippen LogP contribution in [0.1, 0.15) is 12.8 Å². The van der Waals surface area contributed by atoms with Crippen molar-refractivity contribution in [3.05, 3.63) is 0 Å². The number of hydrogen-bond donors (Lipinski definition) is 0. The van der Waals surface area contributed by atoms with Crippen LogP contribution in [0.3, 0.4) is 0 Å². The van der Waals surface area contributed by atoms with Crippen LogP contribution in [0, 0.1) is 5.92 Å². The summed E-state index contributed by atoms with van der Waals surface area (Å²) in [7, 11) is 4.52. The van der Waals surface area contributed by atoms with Crippen LogP contribution in [0.15, 0.2) is 0 Å². The highest BCUT2D eigenvalue weighted by molar-refractivity contribution is 4.91. The van der Waals surface area contributed by atoms with Gasteiger partial charge in [-0.1, -0.05) is 0 Å². The van der Waals surface area contributed by atoms with Gasteiger partial charge in [-0.3, -0.25) is 0 Å². The average Bonchev–Trinajstić information content (AvgIpc) is 2.31. The van der Waals surface area contributed by atoms with Crippen molar-refractivity contribution >= 4 is 0 Å². The predicted octanol–water partition coefficient (Wildman–Crippen LogP) is 0.642. The Balaban J connectivity index is 2.03. The molecule has 2 saturated heterocycles. The zero-order valence-corrected chi connectivity index (χ0v) is 7.58. The van der Waals surface area contributed by atoms with E-state index in [1.54, 1.807) is 0 Å². The number of fused-ring (bicyclic) bond motifs is 1. The van der Waals surface area contributed by atoms with Gasteiger partial charge in [0.05, 0.1) is 0 Å². The first-order chi connectivity index (χ1) is 5.27. The maximum absolute atomic E-state index is 2.54. The Morgan fingerprint density at radius 1 is 1.18 bits per heavy atom. The van der Waals surface area contributed by atoms with Crippen LogP contribution in [-0.4, -0.2) is 49.6 Å². The molecule has 2 fully saturated rings. The lowest BCUT2D eigenvalue weighted by Gasteiger charge is -2.33. The van der Waals surface area contributed by atoms with Gasteiger partial charge in [0.2, 0.25) is 0 Å². The Morgan fingerprint density at radius 2 is 2.00 bits per heavy atom. The highest BCUT2D eigenvalue weighted by Crippen LogP contribution is 2.28. The molecule has 0 saturated carbocycles. The van der Waals surface area contributed by atoms with Crippen LogP contribution >= 0.6 is 0 Å². The van der Waals surface area contributed by atoms with E-state index in [4.69, 9.17) is 0 Å². The number of likely N-dealkylation sites (N-methyl/N-ethyl adjacent to an activating group) is 2. The molecule has 2 heteroatoms. The number of likely N-dealkylation sites (tertiary alicyclic amines) is 2. The third-order valence-electron chi connectivity index (χ3n) is 3.24. The summed E-state index contributed by atoms with van der Waals surface area (Å²) in [6.45, 7) is 3.94. The maximum atomic E-state index is 2.54. The molecule has 2 aliphatic heterocycles. The normalized spacial score (nSPS) is 40.9. The summed E-state index contributed by atoms with van der Waals surface area (Å²) in [5.74, 6) is 0.971. The minimum Gasteiger partial charge on any atom is -0.304 e. The van der Waals surface area contributed by atoms with Crippen molar-refractivity contribution in [2.24, 2.45) is 5.92 Å². The van der Waals surface area contributed by atoms with Gasteiger partial charge in [0, 0.05) is 19.1 Å². The molecule has 0 N–H and O–H groups in total.